The lowest BCUT2D eigenvalue weighted by atomic mass is 10.3. The number of amides is 1. The second-order valence-corrected chi connectivity index (χ2v) is 6.95. The number of thioether (sulfide) groups is 1. The van der Waals surface area contributed by atoms with Crippen molar-refractivity contribution in [3.05, 3.63) is 29.3 Å². The molecule has 3 rings (SSSR count). The van der Waals surface area contributed by atoms with Gasteiger partial charge in [-0.1, -0.05) is 35.2 Å². The van der Waals surface area contributed by atoms with E-state index in [0.717, 1.165) is 21.2 Å². The van der Waals surface area contributed by atoms with Crippen molar-refractivity contribution in [1.82, 2.24) is 20.2 Å². The molecule has 6 nitrogen and oxygen atoms in total. The van der Waals surface area contributed by atoms with Gasteiger partial charge >= 0.3 is 0 Å². The number of carbonyl (C=O) groups excluding carboxylic acids is 1. The van der Waals surface area contributed by atoms with Gasteiger partial charge in [-0.25, -0.2) is 4.98 Å². The van der Waals surface area contributed by atoms with E-state index in [0.29, 0.717) is 5.13 Å². The Bertz CT molecular complexity index is 749. The number of nitrogens with one attached hydrogen (secondary N) is 2. The molecule has 2 heterocycles. The molecule has 0 spiro atoms. The van der Waals surface area contributed by atoms with E-state index in [2.05, 4.69) is 25.5 Å². The number of aryl methyl sites for hydroxylation is 1. The molecule has 2 N–H and O–H groups in total. The summed E-state index contributed by atoms with van der Waals surface area (Å²) in [5.41, 5.74) is 1.86. The Balaban J connectivity index is 1.67. The summed E-state index contributed by atoms with van der Waals surface area (Å²) in [5.74, 6) is -0.114. The van der Waals surface area contributed by atoms with Gasteiger partial charge in [-0.3, -0.25) is 10.1 Å². The number of aromatic amines is 1. The maximum Gasteiger partial charge on any atom is 0.239 e. The van der Waals surface area contributed by atoms with E-state index in [1.54, 1.807) is 0 Å². The minimum absolute atomic E-state index is 0.114. The van der Waals surface area contributed by atoms with Crippen molar-refractivity contribution in [2.45, 2.75) is 24.3 Å². The topological polar surface area (TPSA) is 83.6 Å². The van der Waals surface area contributed by atoms with Crippen LogP contribution in [0, 0.1) is 6.92 Å². The Morgan fingerprint density at radius 1 is 1.38 bits per heavy atom. The van der Waals surface area contributed by atoms with Gasteiger partial charge in [-0.05, 0) is 26.0 Å². The molecular weight excluding hydrogens is 306 g/mol. The Hall–Kier alpha value is -1.93. The molecule has 3 aromatic rings. The fourth-order valence-corrected chi connectivity index (χ4v) is 3.18. The summed E-state index contributed by atoms with van der Waals surface area (Å²) in [4.78, 5) is 19.8. The van der Waals surface area contributed by atoms with Crippen LogP contribution in [0.25, 0.3) is 11.0 Å². The summed E-state index contributed by atoms with van der Waals surface area (Å²) in [6.45, 7) is 3.68. The normalized spacial score (nSPS) is 12.5. The lowest BCUT2D eigenvalue weighted by molar-refractivity contribution is -0.115. The number of hydrogen-bond acceptors (Lipinski definition) is 6. The van der Waals surface area contributed by atoms with Crippen molar-refractivity contribution < 1.29 is 4.79 Å². The quantitative estimate of drug-likeness (QED) is 0.722. The Morgan fingerprint density at radius 3 is 2.90 bits per heavy atom. The van der Waals surface area contributed by atoms with Crippen LogP contribution in [0.1, 0.15) is 11.9 Å². The number of anilines is 1. The molecule has 0 saturated carbocycles. The van der Waals surface area contributed by atoms with Gasteiger partial charge in [0.15, 0.2) is 5.16 Å². The third-order valence-electron chi connectivity index (χ3n) is 2.78. The highest BCUT2D eigenvalue weighted by atomic mass is 32.2. The van der Waals surface area contributed by atoms with E-state index in [1.807, 2.05) is 38.1 Å². The van der Waals surface area contributed by atoms with Crippen LogP contribution in [0.15, 0.2) is 29.4 Å². The largest absolute Gasteiger partial charge is 0.333 e. The SMILES string of the molecule is Cc1nnc(NC(=O)C(C)Sc2nc3ccccc3[nH]2)s1. The fraction of sp³-hybridized carbons (Fsp3) is 0.231. The summed E-state index contributed by atoms with van der Waals surface area (Å²) in [7, 11) is 0. The Kier molecular flexibility index (Phi) is 3.89. The number of H-pyrrole nitrogens is 1. The first-order valence-corrected chi connectivity index (χ1v) is 8.04. The number of hydrogen-bond donors (Lipinski definition) is 2. The average Bonchev–Trinajstić information content (AvgIpc) is 3.04. The molecule has 0 radical (unpaired) electrons. The number of fused-ring (bicyclic) bond motifs is 1. The van der Waals surface area contributed by atoms with Crippen LogP contribution in [0.2, 0.25) is 0 Å². The zero-order valence-electron chi connectivity index (χ0n) is 11.5. The highest BCUT2D eigenvalue weighted by Crippen LogP contribution is 2.24. The summed E-state index contributed by atoms with van der Waals surface area (Å²) in [6, 6.07) is 7.78. The number of carbonyl (C=O) groups is 1. The van der Waals surface area contributed by atoms with E-state index < -0.39 is 0 Å². The molecule has 108 valence electrons. The summed E-state index contributed by atoms with van der Waals surface area (Å²) in [6.07, 6.45) is 0. The zero-order chi connectivity index (χ0) is 14.8. The van der Waals surface area contributed by atoms with E-state index in [1.165, 1.54) is 23.1 Å². The average molecular weight is 319 g/mol. The van der Waals surface area contributed by atoms with Crippen molar-refractivity contribution in [2.75, 3.05) is 5.32 Å². The minimum atomic E-state index is -0.283. The summed E-state index contributed by atoms with van der Waals surface area (Å²) >= 11 is 2.74. The first-order chi connectivity index (χ1) is 10.1. The van der Waals surface area contributed by atoms with E-state index in [9.17, 15) is 4.79 Å². The molecule has 21 heavy (non-hydrogen) atoms. The van der Waals surface area contributed by atoms with Gasteiger partial charge in [0.25, 0.3) is 0 Å². The molecule has 0 bridgehead atoms. The maximum absolute atomic E-state index is 12.1. The molecule has 1 atom stereocenters. The number of aromatic nitrogens is 4. The third kappa shape index (κ3) is 3.22. The molecule has 0 aliphatic rings. The molecule has 0 fully saturated rings. The number of rotatable bonds is 4. The molecular formula is C13H13N5OS2. The van der Waals surface area contributed by atoms with Gasteiger partial charge in [0.2, 0.25) is 11.0 Å². The van der Waals surface area contributed by atoms with Gasteiger partial charge in [0.1, 0.15) is 5.01 Å². The zero-order valence-corrected chi connectivity index (χ0v) is 13.1. The highest BCUT2D eigenvalue weighted by Gasteiger charge is 2.18. The minimum Gasteiger partial charge on any atom is -0.333 e. The first-order valence-electron chi connectivity index (χ1n) is 6.34. The lowest BCUT2D eigenvalue weighted by Gasteiger charge is -2.07. The number of nitrogens with zero attached hydrogens (tertiary/aromatic N) is 3. The van der Waals surface area contributed by atoms with Crippen LogP contribution in [0.3, 0.4) is 0 Å². The maximum atomic E-state index is 12.1. The monoisotopic (exact) mass is 319 g/mol. The van der Waals surface area contributed by atoms with E-state index in [4.69, 9.17) is 0 Å². The van der Waals surface area contributed by atoms with Gasteiger partial charge < -0.3 is 4.98 Å². The molecule has 1 amide bonds. The van der Waals surface area contributed by atoms with Crippen LogP contribution in [0.5, 0.6) is 0 Å². The molecule has 1 aromatic carbocycles. The molecule has 1 unspecified atom stereocenters. The fourth-order valence-electron chi connectivity index (χ4n) is 1.76. The number of imidazole rings is 1. The second-order valence-electron chi connectivity index (χ2n) is 4.43. The van der Waals surface area contributed by atoms with Crippen molar-refractivity contribution in [2.24, 2.45) is 0 Å². The van der Waals surface area contributed by atoms with Gasteiger partial charge in [0, 0.05) is 0 Å². The third-order valence-corrected chi connectivity index (χ3v) is 4.52. The Labute approximate surface area is 129 Å². The molecule has 2 aromatic heterocycles. The van der Waals surface area contributed by atoms with Crippen LogP contribution in [-0.2, 0) is 4.79 Å². The van der Waals surface area contributed by atoms with Crippen LogP contribution < -0.4 is 5.32 Å². The predicted octanol–water partition coefficient (Wildman–Crippen LogP) is 2.84. The highest BCUT2D eigenvalue weighted by molar-refractivity contribution is 8.00. The number of benzene rings is 1. The van der Waals surface area contributed by atoms with Gasteiger partial charge in [-0.2, -0.15) is 0 Å². The first kappa shape index (κ1) is 14.0. The number of para-hydroxylation sites is 2. The van der Waals surface area contributed by atoms with Gasteiger partial charge in [0.05, 0.1) is 16.3 Å². The lowest BCUT2D eigenvalue weighted by Crippen LogP contribution is -2.22. The molecule has 8 heteroatoms. The van der Waals surface area contributed by atoms with Crippen LogP contribution >= 0.6 is 23.1 Å². The summed E-state index contributed by atoms with van der Waals surface area (Å²) in [5, 5.41) is 12.3. The van der Waals surface area contributed by atoms with Crippen LogP contribution in [-0.4, -0.2) is 31.3 Å². The van der Waals surface area contributed by atoms with Crippen molar-refractivity contribution in [3.8, 4) is 0 Å². The van der Waals surface area contributed by atoms with Crippen LogP contribution in [0.4, 0.5) is 5.13 Å². The predicted molar refractivity (Wildman–Crippen MR) is 84.7 cm³/mol. The van der Waals surface area contributed by atoms with E-state index >= 15 is 0 Å². The smallest absolute Gasteiger partial charge is 0.239 e. The molecule has 0 aliphatic heterocycles. The second kappa shape index (κ2) is 5.82. The standard InChI is InChI=1S/C13H13N5OS2/c1-7(11(19)16-13-18-17-8(2)21-13)20-12-14-9-5-3-4-6-10(9)15-12/h3-7H,1-2H3,(H,14,15)(H,16,18,19). The van der Waals surface area contributed by atoms with Gasteiger partial charge in [-0.15, -0.1) is 10.2 Å². The molecule has 0 saturated heterocycles. The van der Waals surface area contributed by atoms with Crippen molar-refractivity contribution in [3.63, 3.8) is 0 Å². The summed E-state index contributed by atoms with van der Waals surface area (Å²) < 4.78 is 0. The molecule has 0 aliphatic carbocycles. The van der Waals surface area contributed by atoms with Crippen molar-refractivity contribution >= 4 is 45.2 Å². The van der Waals surface area contributed by atoms with Crippen molar-refractivity contribution in [1.29, 1.82) is 0 Å². The van der Waals surface area contributed by atoms with E-state index in [-0.39, 0.29) is 11.2 Å². The Morgan fingerprint density at radius 2 is 2.19 bits per heavy atom.